The molecule has 0 amide bonds. The van der Waals surface area contributed by atoms with Crippen molar-refractivity contribution in [2.24, 2.45) is 0 Å². The lowest BCUT2D eigenvalue weighted by Crippen LogP contribution is -2.02. The Balaban J connectivity index is 2.15. The number of carbonyl (C=O) groups is 1. The number of thiophene rings is 1. The third kappa shape index (κ3) is 2.30. The molecular weight excluding hydrogens is 206 g/mol. The molecule has 0 aliphatic carbocycles. The Bertz CT molecular complexity index is 461. The van der Waals surface area contributed by atoms with Gasteiger partial charge in [-0.15, -0.1) is 11.3 Å². The van der Waals surface area contributed by atoms with Crippen molar-refractivity contribution >= 4 is 17.1 Å². The molecule has 0 bridgehead atoms. The summed E-state index contributed by atoms with van der Waals surface area (Å²) in [6, 6.07) is 5.55. The average molecular weight is 217 g/mol. The Hall–Kier alpha value is -1.48. The minimum atomic E-state index is 0.156. The molecule has 2 rings (SSSR count). The number of rotatable bonds is 3. The molecule has 0 aromatic carbocycles. The van der Waals surface area contributed by atoms with E-state index >= 15 is 0 Å². The molecule has 0 atom stereocenters. The second-order valence-corrected chi connectivity index (χ2v) is 4.36. The van der Waals surface area contributed by atoms with Gasteiger partial charge < -0.3 is 0 Å². The van der Waals surface area contributed by atoms with Gasteiger partial charge in [0, 0.05) is 29.3 Å². The standard InChI is InChI=1S/C12H11NOS/c1-9-4-7-15-12(9)8-11(14)10-2-5-13-6-3-10/h2-7H,8H2,1H3. The highest BCUT2D eigenvalue weighted by Crippen LogP contribution is 2.17. The van der Waals surface area contributed by atoms with Crippen molar-refractivity contribution in [3.8, 4) is 0 Å². The van der Waals surface area contributed by atoms with Crippen LogP contribution in [0.15, 0.2) is 36.0 Å². The number of nitrogens with zero attached hydrogens (tertiary/aromatic N) is 1. The second kappa shape index (κ2) is 4.36. The molecule has 2 heterocycles. The summed E-state index contributed by atoms with van der Waals surface area (Å²) >= 11 is 1.64. The highest BCUT2D eigenvalue weighted by atomic mass is 32.1. The van der Waals surface area contributed by atoms with E-state index < -0.39 is 0 Å². The summed E-state index contributed by atoms with van der Waals surface area (Å²) < 4.78 is 0. The molecule has 0 radical (unpaired) electrons. The maximum atomic E-state index is 11.8. The van der Waals surface area contributed by atoms with Crippen LogP contribution in [-0.4, -0.2) is 10.8 Å². The predicted molar refractivity (Wildman–Crippen MR) is 61.3 cm³/mol. The molecule has 0 saturated heterocycles. The Morgan fingerprint density at radius 2 is 2.07 bits per heavy atom. The van der Waals surface area contributed by atoms with Crippen LogP contribution >= 0.6 is 11.3 Å². The Morgan fingerprint density at radius 1 is 1.33 bits per heavy atom. The number of hydrogen-bond donors (Lipinski definition) is 0. The highest BCUT2D eigenvalue weighted by molar-refractivity contribution is 7.10. The minimum Gasteiger partial charge on any atom is -0.294 e. The monoisotopic (exact) mass is 217 g/mol. The van der Waals surface area contributed by atoms with Crippen molar-refractivity contribution in [3.05, 3.63) is 52.0 Å². The van der Waals surface area contributed by atoms with E-state index in [4.69, 9.17) is 0 Å². The summed E-state index contributed by atoms with van der Waals surface area (Å²) in [7, 11) is 0. The van der Waals surface area contributed by atoms with Crippen LogP contribution in [0.3, 0.4) is 0 Å². The van der Waals surface area contributed by atoms with Gasteiger partial charge in [-0.3, -0.25) is 9.78 Å². The first-order chi connectivity index (χ1) is 7.27. The van der Waals surface area contributed by atoms with Crippen LogP contribution in [0.1, 0.15) is 20.8 Å². The van der Waals surface area contributed by atoms with Crippen molar-refractivity contribution in [2.45, 2.75) is 13.3 Å². The van der Waals surface area contributed by atoms with Crippen LogP contribution < -0.4 is 0 Å². The van der Waals surface area contributed by atoms with Gasteiger partial charge in [-0.1, -0.05) is 0 Å². The van der Waals surface area contributed by atoms with E-state index in [1.165, 1.54) is 5.56 Å². The summed E-state index contributed by atoms with van der Waals surface area (Å²) in [4.78, 5) is 16.9. The van der Waals surface area contributed by atoms with E-state index in [1.54, 1.807) is 35.9 Å². The van der Waals surface area contributed by atoms with Gasteiger partial charge >= 0.3 is 0 Å². The molecule has 0 saturated carbocycles. The van der Waals surface area contributed by atoms with E-state index in [9.17, 15) is 4.79 Å². The van der Waals surface area contributed by atoms with Gasteiger partial charge in [0.25, 0.3) is 0 Å². The zero-order chi connectivity index (χ0) is 10.7. The zero-order valence-electron chi connectivity index (χ0n) is 8.43. The van der Waals surface area contributed by atoms with Gasteiger partial charge in [0.1, 0.15) is 0 Å². The molecule has 0 unspecified atom stereocenters. The molecule has 0 spiro atoms. The Kier molecular flexibility index (Phi) is 2.92. The van der Waals surface area contributed by atoms with Crippen LogP contribution in [0.5, 0.6) is 0 Å². The van der Waals surface area contributed by atoms with E-state index in [-0.39, 0.29) is 5.78 Å². The maximum absolute atomic E-state index is 11.8. The van der Waals surface area contributed by atoms with Gasteiger partial charge in [0.15, 0.2) is 5.78 Å². The normalized spacial score (nSPS) is 10.2. The van der Waals surface area contributed by atoms with Crippen molar-refractivity contribution in [2.75, 3.05) is 0 Å². The molecule has 0 aliphatic heterocycles. The third-order valence-electron chi connectivity index (χ3n) is 2.29. The fraction of sp³-hybridized carbons (Fsp3) is 0.167. The number of aromatic nitrogens is 1. The number of pyridine rings is 1. The fourth-order valence-corrected chi connectivity index (χ4v) is 2.28. The summed E-state index contributed by atoms with van der Waals surface area (Å²) in [5, 5.41) is 2.02. The number of aryl methyl sites for hydroxylation is 1. The maximum Gasteiger partial charge on any atom is 0.168 e. The highest BCUT2D eigenvalue weighted by Gasteiger charge is 2.09. The molecule has 3 heteroatoms. The van der Waals surface area contributed by atoms with Crippen LogP contribution in [-0.2, 0) is 6.42 Å². The van der Waals surface area contributed by atoms with E-state index in [2.05, 4.69) is 4.98 Å². The second-order valence-electron chi connectivity index (χ2n) is 3.36. The molecule has 76 valence electrons. The molecule has 0 aliphatic rings. The SMILES string of the molecule is Cc1ccsc1CC(=O)c1ccncc1. The Labute approximate surface area is 92.6 Å². The van der Waals surface area contributed by atoms with Crippen molar-refractivity contribution in [1.29, 1.82) is 0 Å². The molecular formula is C12H11NOS. The average Bonchev–Trinajstić information content (AvgIpc) is 2.66. The third-order valence-corrected chi connectivity index (χ3v) is 3.31. The van der Waals surface area contributed by atoms with Crippen molar-refractivity contribution in [1.82, 2.24) is 4.98 Å². The topological polar surface area (TPSA) is 30.0 Å². The van der Waals surface area contributed by atoms with Gasteiger partial charge in [0.2, 0.25) is 0 Å². The van der Waals surface area contributed by atoms with Crippen LogP contribution in [0.25, 0.3) is 0 Å². The van der Waals surface area contributed by atoms with E-state index in [1.807, 2.05) is 18.4 Å². The largest absolute Gasteiger partial charge is 0.294 e. The van der Waals surface area contributed by atoms with Gasteiger partial charge in [-0.05, 0) is 36.1 Å². The lowest BCUT2D eigenvalue weighted by molar-refractivity contribution is 0.0993. The fourth-order valence-electron chi connectivity index (χ4n) is 1.37. The molecule has 0 fully saturated rings. The van der Waals surface area contributed by atoms with Gasteiger partial charge in [-0.25, -0.2) is 0 Å². The molecule has 2 aromatic rings. The Morgan fingerprint density at radius 3 is 2.67 bits per heavy atom. The van der Waals surface area contributed by atoms with Crippen LogP contribution in [0.4, 0.5) is 0 Å². The quantitative estimate of drug-likeness (QED) is 0.740. The number of ketones is 1. The summed E-state index contributed by atoms with van der Waals surface area (Å²) in [6.07, 6.45) is 3.79. The van der Waals surface area contributed by atoms with Gasteiger partial charge in [-0.2, -0.15) is 0 Å². The molecule has 2 aromatic heterocycles. The summed E-state index contributed by atoms with van der Waals surface area (Å²) in [5.41, 5.74) is 1.93. The minimum absolute atomic E-state index is 0.156. The van der Waals surface area contributed by atoms with Crippen LogP contribution in [0, 0.1) is 6.92 Å². The van der Waals surface area contributed by atoms with Gasteiger partial charge in [0.05, 0.1) is 0 Å². The first kappa shape index (κ1) is 10.1. The smallest absolute Gasteiger partial charge is 0.168 e. The predicted octanol–water partition coefficient (Wildman–Crippen LogP) is 2.88. The number of hydrogen-bond acceptors (Lipinski definition) is 3. The molecule has 15 heavy (non-hydrogen) atoms. The van der Waals surface area contributed by atoms with Crippen molar-refractivity contribution in [3.63, 3.8) is 0 Å². The zero-order valence-corrected chi connectivity index (χ0v) is 9.25. The lowest BCUT2D eigenvalue weighted by Gasteiger charge is -1.99. The van der Waals surface area contributed by atoms with E-state index in [0.29, 0.717) is 6.42 Å². The first-order valence-electron chi connectivity index (χ1n) is 4.73. The lowest BCUT2D eigenvalue weighted by atomic mass is 10.1. The summed E-state index contributed by atoms with van der Waals surface area (Å²) in [6.45, 7) is 2.03. The number of Topliss-reactive ketones (excluding diaryl/α,β-unsaturated/α-hetero) is 1. The number of carbonyl (C=O) groups excluding carboxylic acids is 1. The molecule has 2 nitrogen and oxygen atoms in total. The van der Waals surface area contributed by atoms with Crippen LogP contribution in [0.2, 0.25) is 0 Å². The first-order valence-corrected chi connectivity index (χ1v) is 5.61. The van der Waals surface area contributed by atoms with E-state index in [0.717, 1.165) is 10.4 Å². The van der Waals surface area contributed by atoms with Crippen molar-refractivity contribution < 1.29 is 4.79 Å². The summed E-state index contributed by atoms with van der Waals surface area (Å²) in [5.74, 6) is 0.156. The molecule has 0 N–H and O–H groups in total.